The molecule has 3 aromatic rings. The first-order valence-corrected chi connectivity index (χ1v) is 13.3. The van der Waals surface area contributed by atoms with Gasteiger partial charge >= 0.3 is 6.03 Å². The van der Waals surface area contributed by atoms with Gasteiger partial charge in [0, 0.05) is 11.6 Å². The largest absolute Gasteiger partial charge is 0.494 e. The predicted molar refractivity (Wildman–Crippen MR) is 155 cm³/mol. The summed E-state index contributed by atoms with van der Waals surface area (Å²) in [6, 6.07) is 13.2. The highest BCUT2D eigenvalue weighted by Crippen LogP contribution is 2.37. The number of anilines is 1. The van der Waals surface area contributed by atoms with Gasteiger partial charge in [-0.1, -0.05) is 18.2 Å². The standard InChI is InChI=1S/C32H31FN2O7/c1-5-8-22-15-21(17-28(39-4)29(22)42-19-20-9-11-23(33)12-10-20)16-25-30(36)34-32(38)35(31(25)37)26-18-24(40-6-2)13-14-27(26)41-7-3/h5,9-18H,1,6-8,19H2,2-4H3,(H,34,36,38)/b25-16+. The molecule has 1 N–H and O–H groups in total. The minimum Gasteiger partial charge on any atom is -0.494 e. The minimum absolute atomic E-state index is 0.137. The summed E-state index contributed by atoms with van der Waals surface area (Å²) in [5, 5.41) is 2.24. The van der Waals surface area contributed by atoms with Crippen LogP contribution < -0.4 is 29.2 Å². The van der Waals surface area contributed by atoms with Crippen LogP contribution >= 0.6 is 0 Å². The number of carbonyl (C=O) groups is 3. The Labute approximate surface area is 243 Å². The number of rotatable bonds is 12. The van der Waals surface area contributed by atoms with E-state index in [1.807, 2.05) is 6.92 Å². The Kier molecular flexibility index (Phi) is 9.59. The van der Waals surface area contributed by atoms with Crippen LogP contribution in [0.5, 0.6) is 23.0 Å². The number of hydrogen-bond acceptors (Lipinski definition) is 7. The molecule has 3 aromatic carbocycles. The van der Waals surface area contributed by atoms with E-state index in [1.165, 1.54) is 31.4 Å². The second-order valence-corrected chi connectivity index (χ2v) is 9.07. The van der Waals surface area contributed by atoms with E-state index in [0.29, 0.717) is 41.4 Å². The van der Waals surface area contributed by atoms with E-state index in [2.05, 4.69) is 11.9 Å². The number of imide groups is 2. The number of barbiturate groups is 1. The molecule has 42 heavy (non-hydrogen) atoms. The van der Waals surface area contributed by atoms with Crippen molar-refractivity contribution in [2.45, 2.75) is 26.9 Å². The van der Waals surface area contributed by atoms with Crippen LogP contribution in [0.3, 0.4) is 0 Å². The summed E-state index contributed by atoms with van der Waals surface area (Å²) in [4.78, 5) is 40.3. The molecule has 4 rings (SSSR count). The van der Waals surface area contributed by atoms with Gasteiger partial charge in [0.25, 0.3) is 11.8 Å². The highest BCUT2D eigenvalue weighted by molar-refractivity contribution is 6.39. The lowest BCUT2D eigenvalue weighted by Gasteiger charge is -2.28. The first-order valence-electron chi connectivity index (χ1n) is 13.3. The predicted octanol–water partition coefficient (Wildman–Crippen LogP) is 5.61. The van der Waals surface area contributed by atoms with Crippen molar-refractivity contribution in [2.75, 3.05) is 25.2 Å². The van der Waals surface area contributed by atoms with E-state index < -0.39 is 17.8 Å². The zero-order valence-corrected chi connectivity index (χ0v) is 23.6. The number of methoxy groups -OCH3 is 1. The number of benzene rings is 3. The Hall–Kier alpha value is -5.12. The first kappa shape index (κ1) is 29.9. The summed E-state index contributed by atoms with van der Waals surface area (Å²) in [6.45, 7) is 8.20. The second kappa shape index (κ2) is 13.5. The van der Waals surface area contributed by atoms with E-state index in [4.69, 9.17) is 18.9 Å². The molecule has 0 radical (unpaired) electrons. The van der Waals surface area contributed by atoms with Crippen molar-refractivity contribution < 1.29 is 37.7 Å². The Morgan fingerprint density at radius 1 is 0.929 bits per heavy atom. The molecule has 218 valence electrons. The lowest BCUT2D eigenvalue weighted by molar-refractivity contribution is -0.122. The molecule has 1 saturated heterocycles. The van der Waals surface area contributed by atoms with Crippen molar-refractivity contribution >= 4 is 29.6 Å². The molecule has 9 nitrogen and oxygen atoms in total. The van der Waals surface area contributed by atoms with Crippen LogP contribution in [0.2, 0.25) is 0 Å². The average Bonchev–Trinajstić information content (AvgIpc) is 2.97. The average molecular weight is 575 g/mol. The second-order valence-electron chi connectivity index (χ2n) is 9.07. The summed E-state index contributed by atoms with van der Waals surface area (Å²) in [7, 11) is 1.47. The van der Waals surface area contributed by atoms with E-state index in [-0.39, 0.29) is 36.0 Å². The highest BCUT2D eigenvalue weighted by atomic mass is 19.1. The number of carbonyl (C=O) groups excluding carboxylic acids is 3. The number of ether oxygens (including phenoxy) is 4. The molecule has 1 heterocycles. The fourth-order valence-corrected chi connectivity index (χ4v) is 4.37. The Morgan fingerprint density at radius 3 is 2.33 bits per heavy atom. The molecule has 1 aliphatic rings. The molecule has 10 heteroatoms. The van der Waals surface area contributed by atoms with Crippen LogP contribution in [0, 0.1) is 5.82 Å². The van der Waals surface area contributed by atoms with Crippen molar-refractivity contribution in [1.29, 1.82) is 0 Å². The molecular weight excluding hydrogens is 543 g/mol. The molecule has 0 aromatic heterocycles. The van der Waals surface area contributed by atoms with E-state index in [1.54, 1.807) is 49.4 Å². The van der Waals surface area contributed by atoms with Gasteiger partial charge in [0.15, 0.2) is 11.5 Å². The van der Waals surface area contributed by atoms with Gasteiger partial charge in [0.05, 0.1) is 26.0 Å². The van der Waals surface area contributed by atoms with E-state index >= 15 is 0 Å². The lowest BCUT2D eigenvalue weighted by Crippen LogP contribution is -2.54. The van der Waals surface area contributed by atoms with Gasteiger partial charge in [-0.15, -0.1) is 6.58 Å². The third kappa shape index (κ3) is 6.60. The maximum absolute atomic E-state index is 13.7. The summed E-state index contributed by atoms with van der Waals surface area (Å²) in [5.41, 5.74) is 1.75. The van der Waals surface area contributed by atoms with Crippen molar-refractivity contribution in [3.63, 3.8) is 0 Å². The zero-order chi connectivity index (χ0) is 30.2. The number of allylic oxidation sites excluding steroid dienone is 1. The van der Waals surface area contributed by atoms with Crippen molar-refractivity contribution in [3.05, 3.63) is 95.3 Å². The molecule has 1 aliphatic heterocycles. The molecule has 1 fully saturated rings. The Bertz CT molecular complexity index is 1530. The van der Waals surface area contributed by atoms with Gasteiger partial charge in [-0.3, -0.25) is 14.9 Å². The lowest BCUT2D eigenvalue weighted by atomic mass is 10.0. The van der Waals surface area contributed by atoms with Gasteiger partial charge < -0.3 is 18.9 Å². The van der Waals surface area contributed by atoms with Crippen LogP contribution in [0.1, 0.15) is 30.5 Å². The van der Waals surface area contributed by atoms with E-state index in [0.717, 1.165) is 10.5 Å². The Balaban J connectivity index is 1.72. The maximum Gasteiger partial charge on any atom is 0.336 e. The monoisotopic (exact) mass is 574 g/mol. The maximum atomic E-state index is 13.7. The molecular formula is C32H31FN2O7. The van der Waals surface area contributed by atoms with Crippen molar-refractivity contribution in [3.8, 4) is 23.0 Å². The summed E-state index contributed by atoms with van der Waals surface area (Å²) >= 11 is 0. The SMILES string of the molecule is C=CCc1cc(/C=C2\C(=O)NC(=O)N(c3cc(OCC)ccc3OCC)C2=O)cc(OC)c1OCc1ccc(F)cc1. The molecule has 0 unspecified atom stereocenters. The molecule has 0 bridgehead atoms. The smallest absolute Gasteiger partial charge is 0.336 e. The number of amides is 4. The van der Waals surface area contributed by atoms with Gasteiger partial charge in [-0.05, 0) is 73.9 Å². The topological polar surface area (TPSA) is 103 Å². The summed E-state index contributed by atoms with van der Waals surface area (Å²) in [6.07, 6.45) is 3.44. The van der Waals surface area contributed by atoms with Gasteiger partial charge in [-0.25, -0.2) is 14.1 Å². The highest BCUT2D eigenvalue weighted by Gasteiger charge is 2.38. The number of nitrogens with one attached hydrogen (secondary N) is 1. The molecule has 0 spiro atoms. The number of urea groups is 1. The third-order valence-electron chi connectivity index (χ3n) is 6.23. The first-order chi connectivity index (χ1) is 20.3. The third-order valence-corrected chi connectivity index (χ3v) is 6.23. The van der Waals surface area contributed by atoms with Crippen molar-refractivity contribution in [2.24, 2.45) is 0 Å². The van der Waals surface area contributed by atoms with Crippen LogP contribution in [-0.2, 0) is 22.6 Å². The van der Waals surface area contributed by atoms with Gasteiger partial charge in [0.1, 0.15) is 29.5 Å². The zero-order valence-electron chi connectivity index (χ0n) is 23.6. The van der Waals surface area contributed by atoms with Crippen molar-refractivity contribution in [1.82, 2.24) is 5.32 Å². The van der Waals surface area contributed by atoms with Crippen LogP contribution in [0.15, 0.2) is 72.8 Å². The molecule has 0 aliphatic carbocycles. The normalized spacial score (nSPS) is 14.0. The van der Waals surface area contributed by atoms with E-state index in [9.17, 15) is 18.8 Å². The molecule has 0 saturated carbocycles. The fourth-order valence-electron chi connectivity index (χ4n) is 4.37. The van der Waals surface area contributed by atoms with Crippen LogP contribution in [0.4, 0.5) is 14.9 Å². The fraction of sp³-hybridized carbons (Fsp3) is 0.219. The summed E-state index contributed by atoms with van der Waals surface area (Å²) < 4.78 is 36.1. The quantitative estimate of drug-likeness (QED) is 0.171. The number of halogens is 1. The van der Waals surface area contributed by atoms with Gasteiger partial charge in [-0.2, -0.15) is 0 Å². The molecule has 0 atom stereocenters. The van der Waals surface area contributed by atoms with Crippen LogP contribution in [-0.4, -0.2) is 38.2 Å². The number of hydrogen-bond donors (Lipinski definition) is 1. The van der Waals surface area contributed by atoms with Crippen LogP contribution in [0.25, 0.3) is 6.08 Å². The molecule has 4 amide bonds. The summed E-state index contributed by atoms with van der Waals surface area (Å²) in [5.74, 6) is -0.541. The van der Waals surface area contributed by atoms with Gasteiger partial charge in [0.2, 0.25) is 0 Å². The minimum atomic E-state index is -0.911. The number of nitrogens with zero attached hydrogens (tertiary/aromatic N) is 1. The Morgan fingerprint density at radius 2 is 1.67 bits per heavy atom.